The fraction of sp³-hybridized carbons (Fsp3) is 0.143. The van der Waals surface area contributed by atoms with E-state index in [2.05, 4.69) is 0 Å². The lowest BCUT2D eigenvalue weighted by Crippen LogP contribution is -2.17. The molecule has 0 aliphatic carbocycles. The topological polar surface area (TPSA) is 92.3 Å². The van der Waals surface area contributed by atoms with Crippen molar-refractivity contribution in [3.05, 3.63) is 83.4 Å². The van der Waals surface area contributed by atoms with Gasteiger partial charge in [0.05, 0.1) is 37.9 Å². The summed E-state index contributed by atoms with van der Waals surface area (Å²) in [6.45, 7) is 0. The molecular formula is C21H13F9N2O4S2. The van der Waals surface area contributed by atoms with Gasteiger partial charge in [-0.1, -0.05) is 12.1 Å². The molecule has 0 aromatic heterocycles. The molecule has 3 aromatic rings. The number of rotatable bonds is 6. The Morgan fingerprint density at radius 1 is 0.474 bits per heavy atom. The second-order valence-corrected chi connectivity index (χ2v) is 10.9. The number of sulfonamides is 2. The molecule has 0 atom stereocenters. The van der Waals surface area contributed by atoms with Gasteiger partial charge in [0.2, 0.25) is 0 Å². The third-order valence-corrected chi connectivity index (χ3v) is 7.47. The smallest absolute Gasteiger partial charge is 0.280 e. The van der Waals surface area contributed by atoms with Crippen molar-refractivity contribution < 1.29 is 56.3 Å². The summed E-state index contributed by atoms with van der Waals surface area (Å²) >= 11 is 0. The van der Waals surface area contributed by atoms with Gasteiger partial charge in [0, 0.05) is 0 Å². The van der Waals surface area contributed by atoms with Crippen molar-refractivity contribution in [2.75, 3.05) is 9.44 Å². The van der Waals surface area contributed by atoms with Gasteiger partial charge >= 0.3 is 18.5 Å². The zero-order chi connectivity index (χ0) is 28.7. The second-order valence-electron chi connectivity index (χ2n) is 7.56. The number of alkyl halides is 9. The summed E-state index contributed by atoms with van der Waals surface area (Å²) in [5.74, 6) is 0. The van der Waals surface area contributed by atoms with Gasteiger partial charge in [-0.2, -0.15) is 39.5 Å². The Bertz CT molecular complexity index is 1460. The van der Waals surface area contributed by atoms with E-state index >= 15 is 0 Å². The van der Waals surface area contributed by atoms with Gasteiger partial charge in [0.15, 0.2) is 0 Å². The fourth-order valence-corrected chi connectivity index (χ4v) is 5.19. The Balaban J connectivity index is 2.03. The van der Waals surface area contributed by atoms with E-state index in [1.54, 1.807) is 9.44 Å². The van der Waals surface area contributed by atoms with Crippen molar-refractivity contribution in [1.29, 1.82) is 0 Å². The monoisotopic (exact) mass is 592 g/mol. The summed E-state index contributed by atoms with van der Waals surface area (Å²) in [6, 6.07) is 5.60. The highest BCUT2D eigenvalue weighted by Crippen LogP contribution is 2.36. The molecule has 3 aromatic carbocycles. The van der Waals surface area contributed by atoms with Crippen LogP contribution in [0.25, 0.3) is 0 Å². The van der Waals surface area contributed by atoms with E-state index in [0.717, 1.165) is 24.3 Å². The van der Waals surface area contributed by atoms with Crippen LogP contribution in [0.3, 0.4) is 0 Å². The Labute approximate surface area is 209 Å². The first-order valence-corrected chi connectivity index (χ1v) is 12.8. The standard InChI is InChI=1S/C21H13F9N2O4S2/c22-19(23,24)12-3-1-5-17(9-12)37(33,34)31-15-7-14(21(28,29)30)8-16(11-15)32-38(35,36)18-6-2-4-13(10-18)20(25,26)27/h1-11,31-32H. The lowest BCUT2D eigenvalue weighted by molar-refractivity contribution is -0.138. The maximum atomic E-state index is 13.4. The molecule has 0 aliphatic heterocycles. The Morgan fingerprint density at radius 2 is 0.816 bits per heavy atom. The van der Waals surface area contributed by atoms with Gasteiger partial charge in [-0.05, 0) is 54.6 Å². The van der Waals surface area contributed by atoms with Crippen LogP contribution in [0.2, 0.25) is 0 Å². The van der Waals surface area contributed by atoms with Gasteiger partial charge < -0.3 is 0 Å². The molecule has 38 heavy (non-hydrogen) atoms. The van der Waals surface area contributed by atoms with E-state index in [0.29, 0.717) is 18.2 Å². The number of anilines is 2. The van der Waals surface area contributed by atoms with E-state index in [9.17, 15) is 56.3 Å². The van der Waals surface area contributed by atoms with E-state index in [-0.39, 0.29) is 24.3 Å². The third-order valence-electron chi connectivity index (χ3n) is 4.71. The second kappa shape index (κ2) is 9.68. The van der Waals surface area contributed by atoms with Gasteiger partial charge in [0.25, 0.3) is 20.0 Å². The van der Waals surface area contributed by atoms with Crippen LogP contribution >= 0.6 is 0 Å². The molecule has 0 fully saturated rings. The fourth-order valence-electron chi connectivity index (χ4n) is 3.02. The van der Waals surface area contributed by atoms with Crippen LogP contribution in [0.1, 0.15) is 16.7 Å². The Hall–Kier alpha value is -3.47. The lowest BCUT2D eigenvalue weighted by atomic mass is 10.2. The molecular weight excluding hydrogens is 579 g/mol. The maximum Gasteiger partial charge on any atom is 0.416 e. The van der Waals surface area contributed by atoms with Crippen LogP contribution in [-0.2, 0) is 38.6 Å². The third kappa shape index (κ3) is 6.89. The minimum absolute atomic E-state index is 0.229. The summed E-state index contributed by atoms with van der Waals surface area (Å²) in [5, 5.41) is 0. The molecule has 0 bridgehead atoms. The zero-order valence-corrected chi connectivity index (χ0v) is 19.8. The Morgan fingerprint density at radius 3 is 1.13 bits per heavy atom. The van der Waals surface area contributed by atoms with Gasteiger partial charge in [-0.3, -0.25) is 9.44 Å². The van der Waals surface area contributed by atoms with Gasteiger partial charge in [-0.15, -0.1) is 0 Å². The Kier molecular flexibility index (Phi) is 7.41. The number of halogens is 9. The molecule has 0 heterocycles. The summed E-state index contributed by atoms with van der Waals surface area (Å²) in [4.78, 5) is -1.92. The van der Waals surface area contributed by atoms with Crippen LogP contribution < -0.4 is 9.44 Å². The molecule has 0 saturated carbocycles. The number of hydrogen-bond donors (Lipinski definition) is 2. The molecule has 2 N–H and O–H groups in total. The highest BCUT2D eigenvalue weighted by molar-refractivity contribution is 7.93. The highest BCUT2D eigenvalue weighted by Gasteiger charge is 2.34. The molecule has 3 rings (SSSR count). The minimum Gasteiger partial charge on any atom is -0.280 e. The van der Waals surface area contributed by atoms with Gasteiger partial charge in [-0.25, -0.2) is 16.8 Å². The largest absolute Gasteiger partial charge is 0.416 e. The predicted octanol–water partition coefficient (Wildman–Crippen LogP) is 6.34. The van der Waals surface area contributed by atoms with Crippen molar-refractivity contribution in [1.82, 2.24) is 0 Å². The highest BCUT2D eigenvalue weighted by atomic mass is 32.2. The summed E-state index contributed by atoms with van der Waals surface area (Å²) < 4.78 is 172. The number of nitrogens with one attached hydrogen (secondary N) is 2. The van der Waals surface area contributed by atoms with Crippen molar-refractivity contribution in [3.63, 3.8) is 0 Å². The summed E-state index contributed by atoms with van der Waals surface area (Å²) in [5.41, 5.74) is -6.11. The summed E-state index contributed by atoms with van der Waals surface area (Å²) in [7, 11) is -9.83. The van der Waals surface area contributed by atoms with Crippen LogP contribution in [0.5, 0.6) is 0 Å². The van der Waals surface area contributed by atoms with E-state index in [1.165, 1.54) is 0 Å². The van der Waals surface area contributed by atoms with Crippen LogP contribution in [0.15, 0.2) is 76.5 Å². The molecule has 206 valence electrons. The van der Waals surface area contributed by atoms with Crippen LogP contribution in [0, 0.1) is 0 Å². The maximum absolute atomic E-state index is 13.4. The molecule has 0 radical (unpaired) electrons. The molecule has 6 nitrogen and oxygen atoms in total. The predicted molar refractivity (Wildman–Crippen MR) is 116 cm³/mol. The first kappa shape index (κ1) is 29.1. The SMILES string of the molecule is O=S(=O)(Nc1cc(NS(=O)(=O)c2cccc(C(F)(F)F)c2)cc(C(F)(F)F)c1)c1cccc(C(F)(F)F)c1. The normalized spacial score (nSPS) is 13.3. The number of hydrogen-bond acceptors (Lipinski definition) is 4. The van der Waals surface area contributed by atoms with Crippen molar-refractivity contribution >= 4 is 31.4 Å². The summed E-state index contributed by atoms with van der Waals surface area (Å²) in [6.07, 6.45) is -15.0. The average molecular weight is 592 g/mol. The molecule has 0 amide bonds. The van der Waals surface area contributed by atoms with E-state index < -0.39 is 76.4 Å². The van der Waals surface area contributed by atoms with E-state index in [1.807, 2.05) is 0 Å². The lowest BCUT2D eigenvalue weighted by Gasteiger charge is -2.16. The first-order valence-electron chi connectivity index (χ1n) is 9.81. The zero-order valence-electron chi connectivity index (χ0n) is 18.2. The van der Waals surface area contributed by atoms with Crippen LogP contribution in [0.4, 0.5) is 50.9 Å². The molecule has 0 aliphatic rings. The van der Waals surface area contributed by atoms with Crippen molar-refractivity contribution in [2.45, 2.75) is 28.3 Å². The van der Waals surface area contributed by atoms with Crippen molar-refractivity contribution in [2.24, 2.45) is 0 Å². The first-order chi connectivity index (χ1) is 17.2. The number of benzene rings is 3. The van der Waals surface area contributed by atoms with Gasteiger partial charge in [0.1, 0.15) is 0 Å². The van der Waals surface area contributed by atoms with Crippen molar-refractivity contribution in [3.8, 4) is 0 Å². The molecule has 0 saturated heterocycles. The van der Waals surface area contributed by atoms with Crippen LogP contribution in [-0.4, -0.2) is 16.8 Å². The average Bonchev–Trinajstić information content (AvgIpc) is 2.77. The molecule has 17 heteroatoms. The molecule has 0 unspecified atom stereocenters. The van der Waals surface area contributed by atoms with E-state index in [4.69, 9.17) is 0 Å². The quantitative estimate of drug-likeness (QED) is 0.327. The molecule has 0 spiro atoms. The minimum atomic E-state index is -5.16.